The fourth-order valence-electron chi connectivity index (χ4n) is 2.01. The first kappa shape index (κ1) is 9.44. The highest BCUT2D eigenvalue weighted by Gasteiger charge is 2.27. The van der Waals surface area contributed by atoms with Crippen molar-refractivity contribution in [2.75, 3.05) is 13.2 Å². The standard InChI is InChI=1S/C10H19NO2/c11-9-4-2-1-3-5-10(9)13-8-6-12-7-8/h8-10H,1-7,11H2. The second-order valence-electron chi connectivity index (χ2n) is 4.14. The van der Waals surface area contributed by atoms with Crippen LogP contribution in [-0.2, 0) is 9.47 Å². The van der Waals surface area contributed by atoms with Crippen LogP contribution in [0.25, 0.3) is 0 Å². The molecule has 2 aliphatic rings. The zero-order chi connectivity index (χ0) is 9.10. The van der Waals surface area contributed by atoms with E-state index >= 15 is 0 Å². The number of nitrogens with two attached hydrogens (primary N) is 1. The van der Waals surface area contributed by atoms with Gasteiger partial charge < -0.3 is 15.2 Å². The van der Waals surface area contributed by atoms with Crippen LogP contribution in [0.3, 0.4) is 0 Å². The van der Waals surface area contributed by atoms with Crippen LogP contribution in [0.2, 0.25) is 0 Å². The minimum atomic E-state index is 0.253. The first-order valence-corrected chi connectivity index (χ1v) is 5.35. The van der Waals surface area contributed by atoms with Gasteiger partial charge in [-0.2, -0.15) is 0 Å². The maximum absolute atomic E-state index is 6.04. The lowest BCUT2D eigenvalue weighted by atomic mass is 10.1. The van der Waals surface area contributed by atoms with Gasteiger partial charge in [0.2, 0.25) is 0 Å². The molecule has 0 spiro atoms. The van der Waals surface area contributed by atoms with Gasteiger partial charge in [0.05, 0.1) is 19.3 Å². The second kappa shape index (κ2) is 4.40. The van der Waals surface area contributed by atoms with Crippen molar-refractivity contribution in [3.05, 3.63) is 0 Å². The molecule has 13 heavy (non-hydrogen) atoms. The van der Waals surface area contributed by atoms with E-state index < -0.39 is 0 Å². The molecule has 1 saturated carbocycles. The Morgan fingerprint density at radius 3 is 2.54 bits per heavy atom. The Balaban J connectivity index is 1.79. The molecule has 0 bridgehead atoms. The van der Waals surface area contributed by atoms with Gasteiger partial charge in [-0.15, -0.1) is 0 Å². The Morgan fingerprint density at radius 1 is 1.08 bits per heavy atom. The summed E-state index contributed by atoms with van der Waals surface area (Å²) in [4.78, 5) is 0. The molecule has 1 saturated heterocycles. The molecule has 2 atom stereocenters. The second-order valence-corrected chi connectivity index (χ2v) is 4.14. The lowest BCUT2D eigenvalue weighted by Crippen LogP contribution is -2.45. The molecule has 0 aromatic rings. The Labute approximate surface area is 79.6 Å². The van der Waals surface area contributed by atoms with Crippen LogP contribution in [0.1, 0.15) is 32.1 Å². The van der Waals surface area contributed by atoms with E-state index in [0.717, 1.165) is 26.1 Å². The highest BCUT2D eigenvalue weighted by molar-refractivity contribution is 4.79. The zero-order valence-electron chi connectivity index (χ0n) is 8.08. The number of ether oxygens (including phenoxy) is 2. The monoisotopic (exact) mass is 185 g/mol. The van der Waals surface area contributed by atoms with Gasteiger partial charge in [0, 0.05) is 6.04 Å². The predicted octanol–water partition coefficient (Wildman–Crippen LogP) is 1.06. The molecule has 1 aliphatic carbocycles. The lowest BCUT2D eigenvalue weighted by Gasteiger charge is -2.32. The van der Waals surface area contributed by atoms with Crippen LogP contribution < -0.4 is 5.73 Å². The molecule has 0 amide bonds. The molecule has 1 aliphatic heterocycles. The van der Waals surface area contributed by atoms with Gasteiger partial charge in [-0.1, -0.05) is 19.3 Å². The third kappa shape index (κ3) is 2.42. The molecule has 3 heteroatoms. The van der Waals surface area contributed by atoms with Crippen LogP contribution in [0.5, 0.6) is 0 Å². The van der Waals surface area contributed by atoms with Gasteiger partial charge in [0.15, 0.2) is 0 Å². The minimum Gasteiger partial charge on any atom is -0.376 e. The van der Waals surface area contributed by atoms with Crippen LogP contribution >= 0.6 is 0 Å². The van der Waals surface area contributed by atoms with Crippen molar-refractivity contribution < 1.29 is 9.47 Å². The largest absolute Gasteiger partial charge is 0.376 e. The minimum absolute atomic E-state index is 0.253. The van der Waals surface area contributed by atoms with Crippen molar-refractivity contribution >= 4 is 0 Å². The van der Waals surface area contributed by atoms with Crippen molar-refractivity contribution in [2.24, 2.45) is 5.73 Å². The van der Waals surface area contributed by atoms with Gasteiger partial charge in [0.1, 0.15) is 6.10 Å². The molecule has 76 valence electrons. The van der Waals surface area contributed by atoms with Crippen molar-refractivity contribution in [1.82, 2.24) is 0 Å². The van der Waals surface area contributed by atoms with Crippen molar-refractivity contribution in [1.29, 1.82) is 0 Å². The van der Waals surface area contributed by atoms with E-state index in [2.05, 4.69) is 0 Å². The molecule has 0 aromatic heterocycles. The summed E-state index contributed by atoms with van der Waals surface area (Å²) in [5.74, 6) is 0. The van der Waals surface area contributed by atoms with Crippen molar-refractivity contribution in [3.63, 3.8) is 0 Å². The molecule has 2 rings (SSSR count). The Kier molecular flexibility index (Phi) is 3.19. The van der Waals surface area contributed by atoms with E-state index in [-0.39, 0.29) is 12.1 Å². The SMILES string of the molecule is NC1CCCCCC1OC1COC1. The van der Waals surface area contributed by atoms with Crippen LogP contribution in [0, 0.1) is 0 Å². The maximum atomic E-state index is 6.04. The fraction of sp³-hybridized carbons (Fsp3) is 1.00. The Hall–Kier alpha value is -0.120. The van der Waals surface area contributed by atoms with Crippen molar-refractivity contribution in [3.8, 4) is 0 Å². The lowest BCUT2D eigenvalue weighted by molar-refractivity contribution is -0.159. The summed E-state index contributed by atoms with van der Waals surface area (Å²) in [6.45, 7) is 1.53. The molecule has 2 N–H and O–H groups in total. The van der Waals surface area contributed by atoms with Gasteiger partial charge >= 0.3 is 0 Å². The first-order chi connectivity index (χ1) is 6.36. The van der Waals surface area contributed by atoms with E-state index in [4.69, 9.17) is 15.2 Å². The summed E-state index contributed by atoms with van der Waals surface area (Å²) in [5, 5.41) is 0. The molecule has 2 unspecified atom stereocenters. The Bertz CT molecular complexity index is 159. The first-order valence-electron chi connectivity index (χ1n) is 5.35. The number of hydrogen-bond acceptors (Lipinski definition) is 3. The van der Waals surface area contributed by atoms with Crippen LogP contribution in [0.4, 0.5) is 0 Å². The molecule has 3 nitrogen and oxygen atoms in total. The molecular weight excluding hydrogens is 166 g/mol. The van der Waals surface area contributed by atoms with Crippen LogP contribution in [0.15, 0.2) is 0 Å². The molecule has 0 radical (unpaired) electrons. The number of hydrogen-bond donors (Lipinski definition) is 1. The third-order valence-corrected chi connectivity index (χ3v) is 2.98. The topological polar surface area (TPSA) is 44.5 Å². The summed E-state index contributed by atoms with van der Waals surface area (Å²) < 4.78 is 10.9. The zero-order valence-corrected chi connectivity index (χ0v) is 8.08. The fourth-order valence-corrected chi connectivity index (χ4v) is 2.01. The van der Waals surface area contributed by atoms with E-state index in [0.29, 0.717) is 6.10 Å². The maximum Gasteiger partial charge on any atom is 0.105 e. The average molecular weight is 185 g/mol. The van der Waals surface area contributed by atoms with Crippen molar-refractivity contribution in [2.45, 2.75) is 50.4 Å². The highest BCUT2D eigenvalue weighted by atomic mass is 16.6. The molecule has 2 fully saturated rings. The van der Waals surface area contributed by atoms with Gasteiger partial charge in [-0.05, 0) is 12.8 Å². The summed E-state index contributed by atoms with van der Waals surface area (Å²) in [6, 6.07) is 0.253. The third-order valence-electron chi connectivity index (χ3n) is 2.98. The number of rotatable bonds is 2. The van der Waals surface area contributed by atoms with E-state index in [9.17, 15) is 0 Å². The summed E-state index contributed by atoms with van der Waals surface area (Å²) in [6.07, 6.45) is 6.73. The quantitative estimate of drug-likeness (QED) is 0.654. The molecule has 0 aromatic carbocycles. The average Bonchev–Trinajstić information content (AvgIpc) is 2.23. The van der Waals surface area contributed by atoms with Gasteiger partial charge in [0.25, 0.3) is 0 Å². The normalized spacial score (nSPS) is 36.7. The molecule has 1 heterocycles. The summed E-state index contributed by atoms with van der Waals surface area (Å²) in [7, 11) is 0. The van der Waals surface area contributed by atoms with Gasteiger partial charge in [-0.25, -0.2) is 0 Å². The highest BCUT2D eigenvalue weighted by Crippen LogP contribution is 2.21. The molecular formula is C10H19NO2. The van der Waals surface area contributed by atoms with Gasteiger partial charge in [-0.3, -0.25) is 0 Å². The van der Waals surface area contributed by atoms with E-state index in [1.165, 1.54) is 19.3 Å². The van der Waals surface area contributed by atoms with E-state index in [1.807, 2.05) is 0 Å². The smallest absolute Gasteiger partial charge is 0.105 e. The van der Waals surface area contributed by atoms with E-state index in [1.54, 1.807) is 0 Å². The predicted molar refractivity (Wildman–Crippen MR) is 50.5 cm³/mol. The Morgan fingerprint density at radius 2 is 1.85 bits per heavy atom. The van der Waals surface area contributed by atoms with Crippen LogP contribution in [-0.4, -0.2) is 31.5 Å². The summed E-state index contributed by atoms with van der Waals surface area (Å²) >= 11 is 0. The summed E-state index contributed by atoms with van der Waals surface area (Å²) in [5.41, 5.74) is 6.04.